The topological polar surface area (TPSA) is 141 Å². The fourth-order valence-electron chi connectivity index (χ4n) is 2.50. The Bertz CT molecular complexity index is 1140. The molecule has 3 rings (SSSR count). The number of amides is 1. The zero-order valence-electron chi connectivity index (χ0n) is 14.6. The third kappa shape index (κ3) is 3.90. The van der Waals surface area contributed by atoms with Crippen molar-refractivity contribution in [1.29, 1.82) is 0 Å². The number of hydrogen-bond acceptors (Lipinski definition) is 8. The fraction of sp³-hybridized carbons (Fsp3) is 0.333. The number of aromatic nitrogens is 3. The molecule has 11 nitrogen and oxygen atoms in total. The summed E-state index contributed by atoms with van der Waals surface area (Å²) in [4.78, 5) is 36.1. The summed E-state index contributed by atoms with van der Waals surface area (Å²) in [5, 5.41) is 2.27. The number of esters is 1. The molecule has 1 atom stereocenters. The molecule has 2 aromatic rings. The van der Waals surface area contributed by atoms with Gasteiger partial charge in [0.15, 0.2) is 4.77 Å². The molecule has 1 saturated heterocycles. The van der Waals surface area contributed by atoms with E-state index in [1.807, 2.05) is 0 Å². The summed E-state index contributed by atoms with van der Waals surface area (Å²) in [6.07, 6.45) is 0.0360. The number of carbonyl (C=O) groups excluding carboxylic acids is 2. The second kappa shape index (κ2) is 7.69. The average Bonchev–Trinajstić information content (AvgIpc) is 3.25. The Morgan fingerprint density at radius 3 is 2.68 bits per heavy atom. The molecule has 0 aliphatic carbocycles. The van der Waals surface area contributed by atoms with Crippen molar-refractivity contribution in [2.45, 2.75) is 17.4 Å². The predicted octanol–water partition coefficient (Wildman–Crippen LogP) is 0.137. The summed E-state index contributed by atoms with van der Waals surface area (Å²) in [5.74, 6) is -0.861. The van der Waals surface area contributed by atoms with Crippen LogP contribution in [0.2, 0.25) is 0 Å². The Kier molecular flexibility index (Phi) is 5.49. The van der Waals surface area contributed by atoms with Gasteiger partial charge in [0.2, 0.25) is 0 Å². The second-order valence-electron chi connectivity index (χ2n) is 5.89. The molecular formula is C15H16N4O7S2. The van der Waals surface area contributed by atoms with Crippen molar-refractivity contribution < 1.29 is 27.5 Å². The van der Waals surface area contributed by atoms with E-state index >= 15 is 0 Å². The SMILES string of the molecule is Cn1c(=S)[nH]n(C(=O)NS(=O)(=O)c2ccccc2C(=O)OC2CCOC2)c1=O. The third-order valence-electron chi connectivity index (χ3n) is 3.97. The Morgan fingerprint density at radius 2 is 2.07 bits per heavy atom. The molecule has 1 aromatic carbocycles. The summed E-state index contributed by atoms with van der Waals surface area (Å²) in [6.45, 7) is 0.675. The van der Waals surface area contributed by atoms with Crippen LogP contribution in [0.3, 0.4) is 0 Å². The molecule has 2 N–H and O–H groups in total. The van der Waals surface area contributed by atoms with E-state index in [9.17, 15) is 22.8 Å². The van der Waals surface area contributed by atoms with Gasteiger partial charge >= 0.3 is 17.7 Å². The van der Waals surface area contributed by atoms with Gasteiger partial charge in [0.05, 0.1) is 18.8 Å². The summed E-state index contributed by atoms with van der Waals surface area (Å²) in [5.41, 5.74) is -1.10. The van der Waals surface area contributed by atoms with E-state index in [1.165, 1.54) is 25.2 Å². The van der Waals surface area contributed by atoms with Gasteiger partial charge in [-0.2, -0.15) is 0 Å². The number of ether oxygens (including phenoxy) is 2. The number of nitrogens with zero attached hydrogens (tertiary/aromatic N) is 2. The predicted molar refractivity (Wildman–Crippen MR) is 97.1 cm³/mol. The molecule has 0 spiro atoms. The van der Waals surface area contributed by atoms with Gasteiger partial charge in [-0.15, -0.1) is 4.68 Å². The smallest absolute Gasteiger partial charge is 0.358 e. The first kappa shape index (κ1) is 20.0. The summed E-state index contributed by atoms with van der Waals surface area (Å²) in [6, 6.07) is 3.98. The minimum absolute atomic E-state index is 0.0692. The molecule has 0 bridgehead atoms. The highest BCUT2D eigenvalue weighted by atomic mass is 32.2. The quantitative estimate of drug-likeness (QED) is 0.517. The number of aromatic amines is 1. The van der Waals surface area contributed by atoms with E-state index in [1.54, 1.807) is 4.72 Å². The first-order chi connectivity index (χ1) is 13.2. The van der Waals surface area contributed by atoms with Gasteiger partial charge in [0.25, 0.3) is 10.0 Å². The lowest BCUT2D eigenvalue weighted by atomic mass is 10.2. The van der Waals surface area contributed by atoms with Crippen LogP contribution in [-0.4, -0.2) is 54.1 Å². The zero-order valence-corrected chi connectivity index (χ0v) is 16.2. The minimum atomic E-state index is -4.49. The largest absolute Gasteiger partial charge is 0.456 e. The maximum atomic E-state index is 12.7. The zero-order chi connectivity index (χ0) is 20.5. The molecule has 1 aliphatic rings. The van der Waals surface area contributed by atoms with Gasteiger partial charge in [-0.05, 0) is 24.4 Å². The molecule has 28 heavy (non-hydrogen) atoms. The molecule has 1 amide bonds. The number of nitrogens with one attached hydrogen (secondary N) is 2. The Morgan fingerprint density at radius 1 is 1.36 bits per heavy atom. The third-order valence-corrected chi connectivity index (χ3v) is 5.72. The van der Waals surface area contributed by atoms with Crippen LogP contribution in [0.15, 0.2) is 34.0 Å². The molecule has 0 radical (unpaired) electrons. The lowest BCUT2D eigenvalue weighted by Crippen LogP contribution is -2.40. The molecular weight excluding hydrogens is 412 g/mol. The highest BCUT2D eigenvalue weighted by molar-refractivity contribution is 7.90. The van der Waals surface area contributed by atoms with E-state index in [0.717, 1.165) is 10.6 Å². The number of rotatable bonds is 4. The van der Waals surface area contributed by atoms with Crippen molar-refractivity contribution in [3.63, 3.8) is 0 Å². The average molecular weight is 428 g/mol. The van der Waals surface area contributed by atoms with Crippen molar-refractivity contribution >= 4 is 34.2 Å². The van der Waals surface area contributed by atoms with Crippen LogP contribution in [0.5, 0.6) is 0 Å². The molecule has 1 aromatic heterocycles. The van der Waals surface area contributed by atoms with E-state index < -0.39 is 38.7 Å². The van der Waals surface area contributed by atoms with Crippen molar-refractivity contribution in [2.24, 2.45) is 7.05 Å². The van der Waals surface area contributed by atoms with Gasteiger partial charge in [-0.25, -0.2) is 27.5 Å². The Labute approximate surface area is 163 Å². The van der Waals surface area contributed by atoms with Crippen LogP contribution in [0.25, 0.3) is 0 Å². The van der Waals surface area contributed by atoms with E-state index in [-0.39, 0.29) is 16.9 Å². The number of hydrogen-bond donors (Lipinski definition) is 2. The van der Waals surface area contributed by atoms with Gasteiger partial charge in [0, 0.05) is 13.5 Å². The standard InChI is InChI=1S/C15H16N4O7S2/c1-18-14(27)16-19(15(18)22)13(21)17-28(23,24)11-5-3-2-4-10(11)12(20)26-9-6-7-25-8-9/h2-5,9H,6-8H2,1H3,(H,16,27)(H,17,21). The molecule has 1 aliphatic heterocycles. The maximum Gasteiger partial charge on any atom is 0.358 e. The van der Waals surface area contributed by atoms with Crippen LogP contribution in [0.4, 0.5) is 4.79 Å². The lowest BCUT2D eigenvalue weighted by Gasteiger charge is -2.13. The minimum Gasteiger partial charge on any atom is -0.456 e. The Hall–Kier alpha value is -2.77. The Balaban J connectivity index is 1.88. The maximum absolute atomic E-state index is 12.7. The van der Waals surface area contributed by atoms with E-state index in [0.29, 0.717) is 17.7 Å². The van der Waals surface area contributed by atoms with Gasteiger partial charge in [0.1, 0.15) is 11.0 Å². The second-order valence-corrected chi connectivity index (χ2v) is 7.93. The van der Waals surface area contributed by atoms with Crippen LogP contribution < -0.4 is 10.4 Å². The molecule has 1 fully saturated rings. The number of sulfonamides is 1. The van der Waals surface area contributed by atoms with E-state index in [2.05, 4.69) is 5.10 Å². The van der Waals surface area contributed by atoms with Gasteiger partial charge < -0.3 is 9.47 Å². The van der Waals surface area contributed by atoms with Crippen molar-refractivity contribution in [1.82, 2.24) is 19.1 Å². The van der Waals surface area contributed by atoms with Crippen molar-refractivity contribution in [2.75, 3.05) is 13.2 Å². The molecule has 1 unspecified atom stereocenters. The number of carbonyl (C=O) groups is 2. The summed E-state index contributed by atoms with van der Waals surface area (Å²) >= 11 is 4.82. The van der Waals surface area contributed by atoms with E-state index in [4.69, 9.17) is 21.7 Å². The van der Waals surface area contributed by atoms with Crippen LogP contribution in [0.1, 0.15) is 16.8 Å². The lowest BCUT2D eigenvalue weighted by molar-refractivity contribution is 0.0266. The van der Waals surface area contributed by atoms with Crippen LogP contribution in [0, 0.1) is 4.77 Å². The highest BCUT2D eigenvalue weighted by Crippen LogP contribution is 2.19. The van der Waals surface area contributed by atoms with Crippen molar-refractivity contribution in [3.8, 4) is 0 Å². The van der Waals surface area contributed by atoms with Crippen LogP contribution >= 0.6 is 12.2 Å². The van der Waals surface area contributed by atoms with Crippen LogP contribution in [-0.2, 0) is 26.5 Å². The normalized spacial score (nSPS) is 16.7. The molecule has 150 valence electrons. The number of H-pyrrole nitrogens is 1. The monoisotopic (exact) mass is 428 g/mol. The summed E-state index contributed by atoms with van der Waals surface area (Å²) in [7, 11) is -3.17. The van der Waals surface area contributed by atoms with Gasteiger partial charge in [-0.3, -0.25) is 9.67 Å². The highest BCUT2D eigenvalue weighted by Gasteiger charge is 2.28. The van der Waals surface area contributed by atoms with Crippen molar-refractivity contribution in [3.05, 3.63) is 45.1 Å². The fourth-order valence-corrected chi connectivity index (χ4v) is 3.80. The number of benzene rings is 1. The first-order valence-corrected chi connectivity index (χ1v) is 9.93. The molecule has 13 heteroatoms. The molecule has 0 saturated carbocycles. The first-order valence-electron chi connectivity index (χ1n) is 8.03. The molecule has 2 heterocycles. The van der Waals surface area contributed by atoms with Gasteiger partial charge in [-0.1, -0.05) is 12.1 Å². The summed E-state index contributed by atoms with van der Waals surface area (Å²) < 4.78 is 38.7.